The fourth-order valence-electron chi connectivity index (χ4n) is 5.02. The summed E-state index contributed by atoms with van der Waals surface area (Å²) in [6, 6.07) is 1.88. The Morgan fingerprint density at radius 2 is 1.79 bits per heavy atom. The zero-order chi connectivity index (χ0) is 12.8. The van der Waals surface area contributed by atoms with E-state index in [9.17, 15) is 0 Å². The number of nitrogen functional groups attached to an aromatic ring is 1. The maximum atomic E-state index is 6.00. The Kier molecular flexibility index (Phi) is 2.68. The van der Waals surface area contributed by atoms with Gasteiger partial charge in [0, 0.05) is 12.3 Å². The van der Waals surface area contributed by atoms with Crippen molar-refractivity contribution < 1.29 is 4.74 Å². The van der Waals surface area contributed by atoms with Crippen molar-refractivity contribution in [1.29, 1.82) is 0 Å². The van der Waals surface area contributed by atoms with Crippen LogP contribution in [0.4, 0.5) is 5.69 Å². The maximum absolute atomic E-state index is 6.00. The van der Waals surface area contributed by atoms with Crippen molar-refractivity contribution in [2.75, 3.05) is 12.3 Å². The highest BCUT2D eigenvalue weighted by Crippen LogP contribution is 2.56. The van der Waals surface area contributed by atoms with Gasteiger partial charge in [0.1, 0.15) is 5.75 Å². The molecule has 1 aromatic rings. The minimum absolute atomic E-state index is 0.659. The van der Waals surface area contributed by atoms with Gasteiger partial charge in [0.05, 0.1) is 18.5 Å². The Balaban J connectivity index is 1.45. The molecule has 3 heteroatoms. The molecule has 19 heavy (non-hydrogen) atoms. The lowest BCUT2D eigenvalue weighted by atomic mass is 9.52. The minimum Gasteiger partial charge on any atom is -0.491 e. The predicted molar refractivity (Wildman–Crippen MR) is 74.7 cm³/mol. The van der Waals surface area contributed by atoms with E-state index in [0.29, 0.717) is 5.69 Å². The third-order valence-corrected chi connectivity index (χ3v) is 5.66. The molecule has 0 spiro atoms. The van der Waals surface area contributed by atoms with Crippen LogP contribution in [0.5, 0.6) is 5.75 Å². The van der Waals surface area contributed by atoms with Crippen molar-refractivity contribution in [2.45, 2.75) is 32.1 Å². The SMILES string of the molecule is Nc1cnccc1OCC1C2CC3CC(C2)CC1C3. The molecule has 4 fully saturated rings. The van der Waals surface area contributed by atoms with E-state index >= 15 is 0 Å². The molecule has 0 atom stereocenters. The molecule has 2 N–H and O–H groups in total. The molecule has 0 aliphatic heterocycles. The Hall–Kier alpha value is -1.25. The first-order valence-corrected chi connectivity index (χ1v) is 7.62. The molecule has 4 saturated carbocycles. The van der Waals surface area contributed by atoms with Crippen molar-refractivity contribution in [3.63, 3.8) is 0 Å². The Labute approximate surface area is 114 Å². The lowest BCUT2D eigenvalue weighted by Gasteiger charge is -2.54. The number of pyridine rings is 1. The van der Waals surface area contributed by atoms with Crippen LogP contribution in [-0.2, 0) is 0 Å². The average molecular weight is 258 g/mol. The average Bonchev–Trinajstić information content (AvgIpc) is 2.39. The van der Waals surface area contributed by atoms with E-state index in [1.165, 1.54) is 32.1 Å². The Bertz CT molecular complexity index is 446. The molecule has 102 valence electrons. The molecule has 4 aliphatic carbocycles. The zero-order valence-electron chi connectivity index (χ0n) is 11.3. The van der Waals surface area contributed by atoms with Crippen LogP contribution in [0.25, 0.3) is 0 Å². The number of ether oxygens (including phenoxy) is 1. The second-order valence-electron chi connectivity index (χ2n) is 6.82. The van der Waals surface area contributed by atoms with Gasteiger partial charge in [0.25, 0.3) is 0 Å². The summed E-state index contributed by atoms with van der Waals surface area (Å²) in [5, 5.41) is 0. The fraction of sp³-hybridized carbons (Fsp3) is 0.688. The second-order valence-corrected chi connectivity index (χ2v) is 6.82. The predicted octanol–water partition coefficient (Wildman–Crippen LogP) is 3.11. The molecule has 4 aliphatic rings. The van der Waals surface area contributed by atoms with Crippen LogP contribution in [0.3, 0.4) is 0 Å². The molecule has 0 aromatic carbocycles. The molecule has 1 aromatic heterocycles. The van der Waals surface area contributed by atoms with Gasteiger partial charge in [-0.15, -0.1) is 0 Å². The number of hydrogen-bond donors (Lipinski definition) is 1. The molecule has 0 unspecified atom stereocenters. The third kappa shape index (κ3) is 1.99. The van der Waals surface area contributed by atoms with Gasteiger partial charge in [0.15, 0.2) is 0 Å². The summed E-state index contributed by atoms with van der Waals surface area (Å²) < 4.78 is 6.00. The summed E-state index contributed by atoms with van der Waals surface area (Å²) in [6.07, 6.45) is 10.7. The normalized spacial score (nSPS) is 39.5. The molecular weight excluding hydrogens is 236 g/mol. The number of nitrogens with zero attached hydrogens (tertiary/aromatic N) is 1. The van der Waals surface area contributed by atoms with E-state index in [0.717, 1.165) is 41.9 Å². The van der Waals surface area contributed by atoms with E-state index in [4.69, 9.17) is 10.5 Å². The van der Waals surface area contributed by atoms with Crippen LogP contribution >= 0.6 is 0 Å². The minimum atomic E-state index is 0.659. The van der Waals surface area contributed by atoms with Gasteiger partial charge in [-0.1, -0.05) is 0 Å². The van der Waals surface area contributed by atoms with Crippen LogP contribution < -0.4 is 10.5 Å². The van der Waals surface area contributed by atoms with Crippen molar-refractivity contribution in [3.05, 3.63) is 18.5 Å². The van der Waals surface area contributed by atoms with Crippen LogP contribution in [0.1, 0.15) is 32.1 Å². The first-order valence-electron chi connectivity index (χ1n) is 7.62. The van der Waals surface area contributed by atoms with E-state index in [1.807, 2.05) is 6.07 Å². The molecule has 1 heterocycles. The first kappa shape index (κ1) is 11.6. The highest BCUT2D eigenvalue weighted by molar-refractivity contribution is 5.49. The van der Waals surface area contributed by atoms with Gasteiger partial charge in [-0.25, -0.2) is 0 Å². The standard InChI is InChI=1S/C16H22N2O/c17-15-8-18-2-1-16(15)19-9-14-12-4-10-3-11(6-12)7-13(14)5-10/h1-2,8,10-14H,3-7,9,17H2. The lowest BCUT2D eigenvalue weighted by molar-refractivity contribution is -0.0528. The van der Waals surface area contributed by atoms with E-state index in [2.05, 4.69) is 4.98 Å². The summed E-state index contributed by atoms with van der Waals surface area (Å²) in [5.74, 6) is 5.47. The summed E-state index contributed by atoms with van der Waals surface area (Å²) >= 11 is 0. The van der Waals surface area contributed by atoms with Crippen LogP contribution in [-0.4, -0.2) is 11.6 Å². The summed E-state index contributed by atoms with van der Waals surface area (Å²) in [4.78, 5) is 4.01. The number of anilines is 1. The smallest absolute Gasteiger partial charge is 0.145 e. The molecule has 4 bridgehead atoms. The van der Waals surface area contributed by atoms with E-state index in [-0.39, 0.29) is 0 Å². The summed E-state index contributed by atoms with van der Waals surface area (Å²) in [7, 11) is 0. The monoisotopic (exact) mass is 258 g/mol. The fourth-order valence-corrected chi connectivity index (χ4v) is 5.02. The first-order chi connectivity index (χ1) is 9.29. The maximum Gasteiger partial charge on any atom is 0.145 e. The second kappa shape index (κ2) is 4.39. The van der Waals surface area contributed by atoms with Crippen LogP contribution in [0.2, 0.25) is 0 Å². The van der Waals surface area contributed by atoms with Gasteiger partial charge < -0.3 is 10.5 Å². The van der Waals surface area contributed by atoms with Crippen molar-refractivity contribution >= 4 is 5.69 Å². The van der Waals surface area contributed by atoms with Crippen LogP contribution in [0.15, 0.2) is 18.5 Å². The number of hydrogen-bond acceptors (Lipinski definition) is 3. The highest BCUT2D eigenvalue weighted by Gasteiger charge is 2.48. The Morgan fingerprint density at radius 3 is 2.42 bits per heavy atom. The molecule has 5 rings (SSSR count). The number of nitrogens with two attached hydrogens (primary N) is 1. The Morgan fingerprint density at radius 1 is 1.11 bits per heavy atom. The molecule has 0 radical (unpaired) electrons. The largest absolute Gasteiger partial charge is 0.491 e. The van der Waals surface area contributed by atoms with Crippen molar-refractivity contribution in [1.82, 2.24) is 4.98 Å². The van der Waals surface area contributed by atoms with Crippen LogP contribution in [0, 0.1) is 29.6 Å². The molecule has 0 amide bonds. The quantitative estimate of drug-likeness (QED) is 0.906. The van der Waals surface area contributed by atoms with Crippen molar-refractivity contribution in [2.24, 2.45) is 29.6 Å². The topological polar surface area (TPSA) is 48.1 Å². The molecular formula is C16H22N2O. The highest BCUT2D eigenvalue weighted by atomic mass is 16.5. The van der Waals surface area contributed by atoms with E-state index in [1.54, 1.807) is 12.4 Å². The van der Waals surface area contributed by atoms with Gasteiger partial charge in [-0.3, -0.25) is 4.98 Å². The van der Waals surface area contributed by atoms with Gasteiger partial charge >= 0.3 is 0 Å². The number of aromatic nitrogens is 1. The zero-order valence-corrected chi connectivity index (χ0v) is 11.3. The summed E-state index contributed by atoms with van der Waals surface area (Å²) in [6.45, 7) is 0.850. The molecule has 0 saturated heterocycles. The van der Waals surface area contributed by atoms with Crippen molar-refractivity contribution in [3.8, 4) is 5.75 Å². The number of rotatable bonds is 3. The summed E-state index contributed by atoms with van der Waals surface area (Å²) in [5.41, 5.74) is 6.55. The molecule has 3 nitrogen and oxygen atoms in total. The van der Waals surface area contributed by atoms with Gasteiger partial charge in [-0.2, -0.15) is 0 Å². The lowest BCUT2D eigenvalue weighted by Crippen LogP contribution is -2.47. The van der Waals surface area contributed by atoms with Gasteiger partial charge in [-0.05, 0) is 61.7 Å². The van der Waals surface area contributed by atoms with E-state index < -0.39 is 0 Å². The van der Waals surface area contributed by atoms with Gasteiger partial charge in [0.2, 0.25) is 0 Å². The third-order valence-electron chi connectivity index (χ3n) is 5.66.